The van der Waals surface area contributed by atoms with Crippen molar-refractivity contribution in [2.24, 2.45) is 0 Å². The highest BCUT2D eigenvalue weighted by molar-refractivity contribution is 5.76. The number of carbonyl (C=O) groups excluding carboxylic acids is 2. The van der Waals surface area contributed by atoms with E-state index in [-0.39, 0.29) is 18.5 Å². The summed E-state index contributed by atoms with van der Waals surface area (Å²) in [7, 11) is 0. The topological polar surface area (TPSA) is 95.9 Å². The summed E-state index contributed by atoms with van der Waals surface area (Å²) in [5.41, 5.74) is 0. The van der Waals surface area contributed by atoms with Gasteiger partial charge in [-0.15, -0.1) is 0 Å². The van der Waals surface area contributed by atoms with Crippen LogP contribution in [0.15, 0.2) is 36.5 Å². The van der Waals surface area contributed by atoms with E-state index in [0.717, 1.165) is 51.4 Å². The fraction of sp³-hybridized carbons (Fsp3) is 0.897. The molecule has 0 saturated carbocycles. The highest BCUT2D eigenvalue weighted by Gasteiger charge is 2.20. The Labute approximate surface area is 525 Å². The van der Waals surface area contributed by atoms with Gasteiger partial charge in [0.25, 0.3) is 0 Å². The normalized spacial score (nSPS) is 12.7. The molecule has 0 aliphatic carbocycles. The van der Waals surface area contributed by atoms with E-state index in [4.69, 9.17) is 4.74 Å². The average Bonchev–Trinajstić information content (AvgIpc) is 3.52. The SMILES string of the molecule is CCCCCCC/C=C\CCCCCCCC(=O)OCCCCCCCCCCCCCCCCC/C=C\C/C=C\CCCCCCCCCCCCCCCCCCCC(=O)NC(CO)C(O)CCCCCCCCCCCCCCCC. The molecule has 2 atom stereocenters. The van der Waals surface area contributed by atoms with Gasteiger partial charge < -0.3 is 20.3 Å². The van der Waals surface area contributed by atoms with Crippen LogP contribution in [0.5, 0.6) is 0 Å². The van der Waals surface area contributed by atoms with E-state index in [1.54, 1.807) is 0 Å². The quantitative estimate of drug-likeness (QED) is 0.0320. The molecule has 0 bridgehead atoms. The molecule has 3 N–H and O–H groups in total. The summed E-state index contributed by atoms with van der Waals surface area (Å²) in [6.07, 6.45) is 95.2. The molecule has 6 nitrogen and oxygen atoms in total. The van der Waals surface area contributed by atoms with Gasteiger partial charge in [-0.05, 0) is 83.5 Å². The number of amides is 1. The van der Waals surface area contributed by atoms with E-state index in [2.05, 4.69) is 55.6 Å². The standard InChI is InChI=1S/C78H149NO5/c1-3-5-7-9-11-13-15-17-46-50-54-58-62-66-70-76(81)75(74-80)79-77(82)71-67-63-59-55-51-47-44-42-40-38-36-34-32-30-28-26-24-22-20-19-21-23-25-27-29-31-33-35-37-39-41-43-45-49-53-57-61-65-69-73-84-78(83)72-68-64-60-56-52-48-18-16-14-12-10-8-6-4-2/h16,18-20,23,25,75-76,80-81H,3-15,17,21-22,24,26-74H2,1-2H3,(H,79,82)/b18-16-,20-19-,25-23-. The van der Waals surface area contributed by atoms with Crippen molar-refractivity contribution < 1.29 is 24.5 Å². The number of aliphatic hydroxyl groups excluding tert-OH is 2. The van der Waals surface area contributed by atoms with Gasteiger partial charge in [0.15, 0.2) is 0 Å². The minimum Gasteiger partial charge on any atom is -0.466 e. The molecular formula is C78H149NO5. The van der Waals surface area contributed by atoms with Crippen LogP contribution in [0.2, 0.25) is 0 Å². The van der Waals surface area contributed by atoms with Gasteiger partial charge in [0.1, 0.15) is 0 Å². The lowest BCUT2D eigenvalue weighted by atomic mass is 10.0. The third-order valence-electron chi connectivity index (χ3n) is 17.9. The number of hydrogen-bond acceptors (Lipinski definition) is 5. The van der Waals surface area contributed by atoms with E-state index < -0.39 is 12.1 Å². The monoisotopic (exact) mass is 1180 g/mol. The lowest BCUT2D eigenvalue weighted by Crippen LogP contribution is -2.45. The minimum atomic E-state index is -0.662. The van der Waals surface area contributed by atoms with Crippen LogP contribution in [0.4, 0.5) is 0 Å². The molecule has 0 saturated heterocycles. The van der Waals surface area contributed by atoms with Gasteiger partial charge in [-0.3, -0.25) is 9.59 Å². The van der Waals surface area contributed by atoms with E-state index >= 15 is 0 Å². The van der Waals surface area contributed by atoms with Crippen LogP contribution in [-0.2, 0) is 14.3 Å². The van der Waals surface area contributed by atoms with Crippen molar-refractivity contribution in [3.05, 3.63) is 36.5 Å². The molecule has 0 aliphatic heterocycles. The Morgan fingerprint density at radius 3 is 0.917 bits per heavy atom. The summed E-state index contributed by atoms with van der Waals surface area (Å²) >= 11 is 0. The smallest absolute Gasteiger partial charge is 0.305 e. The van der Waals surface area contributed by atoms with Gasteiger partial charge in [0, 0.05) is 12.8 Å². The lowest BCUT2D eigenvalue weighted by Gasteiger charge is -2.22. The number of esters is 1. The molecule has 0 fully saturated rings. The summed E-state index contributed by atoms with van der Waals surface area (Å²) < 4.78 is 5.49. The number of carbonyl (C=O) groups is 2. The third-order valence-corrected chi connectivity index (χ3v) is 17.9. The van der Waals surface area contributed by atoms with Gasteiger partial charge in [-0.1, -0.05) is 365 Å². The van der Waals surface area contributed by atoms with Crippen molar-refractivity contribution >= 4 is 11.9 Å². The maximum atomic E-state index is 12.5. The Morgan fingerprint density at radius 2 is 0.595 bits per heavy atom. The zero-order valence-corrected chi connectivity index (χ0v) is 56.9. The molecule has 0 heterocycles. The number of allylic oxidation sites excluding steroid dienone is 6. The maximum absolute atomic E-state index is 12.5. The van der Waals surface area contributed by atoms with Crippen molar-refractivity contribution in [2.75, 3.05) is 13.2 Å². The number of nitrogens with one attached hydrogen (secondary N) is 1. The first-order valence-electron chi connectivity index (χ1n) is 38.2. The zero-order chi connectivity index (χ0) is 60.6. The Balaban J connectivity index is 3.34. The first-order chi connectivity index (χ1) is 41.5. The van der Waals surface area contributed by atoms with Crippen LogP contribution in [0.3, 0.4) is 0 Å². The third kappa shape index (κ3) is 69.2. The predicted octanol–water partition coefficient (Wildman–Crippen LogP) is 25.0. The largest absolute Gasteiger partial charge is 0.466 e. The van der Waals surface area contributed by atoms with Crippen LogP contribution in [-0.4, -0.2) is 47.4 Å². The van der Waals surface area contributed by atoms with E-state index in [1.165, 1.54) is 340 Å². The molecule has 496 valence electrons. The van der Waals surface area contributed by atoms with Crippen LogP contribution >= 0.6 is 0 Å². The molecule has 0 rings (SSSR count). The summed E-state index contributed by atoms with van der Waals surface area (Å²) in [6.45, 7) is 4.97. The second-order valence-corrected chi connectivity index (χ2v) is 26.3. The molecule has 0 radical (unpaired) electrons. The molecule has 0 aromatic heterocycles. The van der Waals surface area contributed by atoms with E-state index in [9.17, 15) is 19.8 Å². The van der Waals surface area contributed by atoms with Crippen LogP contribution in [0.25, 0.3) is 0 Å². The zero-order valence-electron chi connectivity index (χ0n) is 56.9. The molecule has 0 aliphatic rings. The Hall–Kier alpha value is -1.92. The summed E-state index contributed by atoms with van der Waals surface area (Å²) in [5, 5.41) is 23.3. The second-order valence-electron chi connectivity index (χ2n) is 26.3. The van der Waals surface area contributed by atoms with Gasteiger partial charge in [-0.25, -0.2) is 0 Å². The first kappa shape index (κ1) is 82.1. The Morgan fingerprint density at radius 1 is 0.333 bits per heavy atom. The Bertz CT molecular complexity index is 1360. The highest BCUT2D eigenvalue weighted by Crippen LogP contribution is 2.19. The first-order valence-corrected chi connectivity index (χ1v) is 38.2. The number of unbranched alkanes of at least 4 members (excludes halogenated alkanes) is 55. The molecule has 0 aromatic carbocycles. The van der Waals surface area contributed by atoms with Crippen molar-refractivity contribution in [3.8, 4) is 0 Å². The summed E-state index contributed by atoms with van der Waals surface area (Å²) in [4.78, 5) is 24.6. The molecule has 2 unspecified atom stereocenters. The van der Waals surface area contributed by atoms with Gasteiger partial charge in [0.05, 0.1) is 25.4 Å². The number of rotatable bonds is 72. The predicted molar refractivity (Wildman–Crippen MR) is 370 cm³/mol. The number of ether oxygens (including phenoxy) is 1. The van der Waals surface area contributed by atoms with Crippen LogP contribution in [0, 0.1) is 0 Å². The molecule has 84 heavy (non-hydrogen) atoms. The van der Waals surface area contributed by atoms with Crippen molar-refractivity contribution in [2.45, 2.75) is 437 Å². The van der Waals surface area contributed by atoms with Crippen LogP contribution in [0.1, 0.15) is 425 Å². The molecule has 1 amide bonds. The highest BCUT2D eigenvalue weighted by atomic mass is 16.5. The average molecular weight is 1180 g/mol. The fourth-order valence-corrected chi connectivity index (χ4v) is 12.1. The lowest BCUT2D eigenvalue weighted by molar-refractivity contribution is -0.143. The summed E-state index contributed by atoms with van der Waals surface area (Å²) in [5.74, 6) is -0.0171. The van der Waals surface area contributed by atoms with Crippen LogP contribution < -0.4 is 5.32 Å². The minimum absolute atomic E-state index is 0.0122. The maximum Gasteiger partial charge on any atom is 0.305 e. The van der Waals surface area contributed by atoms with Gasteiger partial charge in [-0.2, -0.15) is 0 Å². The van der Waals surface area contributed by atoms with Crippen molar-refractivity contribution in [1.82, 2.24) is 5.32 Å². The molecular weight excluding hydrogens is 1030 g/mol. The molecule has 0 spiro atoms. The van der Waals surface area contributed by atoms with Crippen molar-refractivity contribution in [1.29, 1.82) is 0 Å². The van der Waals surface area contributed by atoms with Crippen molar-refractivity contribution in [3.63, 3.8) is 0 Å². The van der Waals surface area contributed by atoms with E-state index in [0.29, 0.717) is 25.9 Å². The fourth-order valence-electron chi connectivity index (χ4n) is 12.1. The number of aliphatic hydroxyl groups is 2. The molecule has 0 aromatic rings. The van der Waals surface area contributed by atoms with Gasteiger partial charge in [0.2, 0.25) is 5.91 Å². The second kappa shape index (κ2) is 73.5. The van der Waals surface area contributed by atoms with Gasteiger partial charge >= 0.3 is 5.97 Å². The van der Waals surface area contributed by atoms with E-state index in [1.807, 2.05) is 0 Å². The molecule has 6 heteroatoms. The Kier molecular flexibility index (Phi) is 71.9. The summed E-state index contributed by atoms with van der Waals surface area (Å²) in [6, 6.07) is -0.539. The number of hydrogen-bond donors (Lipinski definition) is 3.